The van der Waals surface area contributed by atoms with Crippen LogP contribution in [0.1, 0.15) is 35.7 Å². The Balaban J connectivity index is 2.29. The topological polar surface area (TPSA) is 24.9 Å². The summed E-state index contributed by atoms with van der Waals surface area (Å²) in [6, 6.07) is 15.0. The average Bonchev–Trinajstić information content (AvgIpc) is 2.40. The summed E-state index contributed by atoms with van der Waals surface area (Å²) in [6.45, 7) is 4.34. The Hall–Kier alpha value is -1.67. The highest BCUT2D eigenvalue weighted by Gasteiger charge is 2.19. The molecule has 0 fully saturated rings. The first-order valence-corrected chi connectivity index (χ1v) is 6.37. The Morgan fingerprint density at radius 1 is 1.11 bits per heavy atom. The summed E-state index contributed by atoms with van der Waals surface area (Å²) in [5.74, 6) is 0.345. The standard InChI is InChI=1S/C16H20N2/c1-12-7-6-8-14(11-12)16(17-3)13(2)15-9-4-5-10-18-15/h4-11,13,16-17H,1-3H3. The fraction of sp³-hybridized carbons (Fsp3) is 0.312. The van der Waals surface area contributed by atoms with Gasteiger partial charge < -0.3 is 5.32 Å². The van der Waals surface area contributed by atoms with Crippen LogP contribution in [0, 0.1) is 6.92 Å². The van der Waals surface area contributed by atoms with E-state index in [0.717, 1.165) is 5.69 Å². The molecule has 0 saturated heterocycles. The number of rotatable bonds is 4. The summed E-state index contributed by atoms with van der Waals surface area (Å²) >= 11 is 0. The molecule has 94 valence electrons. The van der Waals surface area contributed by atoms with Gasteiger partial charge in [-0.05, 0) is 31.7 Å². The Bertz CT molecular complexity index is 493. The molecule has 2 heteroatoms. The van der Waals surface area contributed by atoms with Crippen LogP contribution in [0.25, 0.3) is 0 Å². The van der Waals surface area contributed by atoms with Crippen molar-refractivity contribution >= 4 is 0 Å². The first-order chi connectivity index (χ1) is 8.72. The zero-order valence-corrected chi connectivity index (χ0v) is 11.2. The second-order valence-corrected chi connectivity index (χ2v) is 4.72. The summed E-state index contributed by atoms with van der Waals surface area (Å²) in [5.41, 5.74) is 3.73. The largest absolute Gasteiger partial charge is 0.312 e. The third kappa shape index (κ3) is 2.77. The normalized spacial score (nSPS) is 14.2. The van der Waals surface area contributed by atoms with E-state index in [9.17, 15) is 0 Å². The van der Waals surface area contributed by atoms with Crippen molar-refractivity contribution in [2.45, 2.75) is 25.8 Å². The molecule has 2 unspecified atom stereocenters. The van der Waals surface area contributed by atoms with Crippen molar-refractivity contribution in [1.82, 2.24) is 10.3 Å². The van der Waals surface area contributed by atoms with Crippen LogP contribution in [0.5, 0.6) is 0 Å². The fourth-order valence-electron chi connectivity index (χ4n) is 2.38. The van der Waals surface area contributed by atoms with E-state index in [2.05, 4.69) is 54.5 Å². The van der Waals surface area contributed by atoms with Gasteiger partial charge in [-0.2, -0.15) is 0 Å². The van der Waals surface area contributed by atoms with E-state index in [1.165, 1.54) is 11.1 Å². The maximum absolute atomic E-state index is 4.46. The van der Waals surface area contributed by atoms with Crippen LogP contribution >= 0.6 is 0 Å². The van der Waals surface area contributed by atoms with Gasteiger partial charge in [-0.15, -0.1) is 0 Å². The maximum atomic E-state index is 4.46. The lowest BCUT2D eigenvalue weighted by Gasteiger charge is -2.24. The molecule has 0 spiro atoms. The molecule has 2 atom stereocenters. The van der Waals surface area contributed by atoms with Crippen molar-refractivity contribution in [3.63, 3.8) is 0 Å². The highest BCUT2D eigenvalue weighted by atomic mass is 14.9. The van der Waals surface area contributed by atoms with E-state index < -0.39 is 0 Å². The Kier molecular flexibility index (Phi) is 4.11. The predicted molar refractivity (Wildman–Crippen MR) is 75.6 cm³/mol. The van der Waals surface area contributed by atoms with Crippen molar-refractivity contribution in [2.24, 2.45) is 0 Å². The Morgan fingerprint density at radius 2 is 1.94 bits per heavy atom. The smallest absolute Gasteiger partial charge is 0.0450 e. The monoisotopic (exact) mass is 240 g/mol. The quantitative estimate of drug-likeness (QED) is 0.885. The molecule has 1 aromatic heterocycles. The molecule has 0 amide bonds. The lowest BCUT2D eigenvalue weighted by atomic mass is 9.91. The van der Waals surface area contributed by atoms with Crippen molar-refractivity contribution in [3.8, 4) is 0 Å². The third-order valence-electron chi connectivity index (χ3n) is 3.37. The van der Waals surface area contributed by atoms with E-state index in [-0.39, 0.29) is 0 Å². The number of likely N-dealkylation sites (N-methyl/N-ethyl adjacent to an activating group) is 1. The van der Waals surface area contributed by atoms with E-state index >= 15 is 0 Å². The van der Waals surface area contributed by atoms with Crippen molar-refractivity contribution in [2.75, 3.05) is 7.05 Å². The number of pyridine rings is 1. The highest BCUT2D eigenvalue weighted by molar-refractivity contribution is 5.28. The molecule has 1 aromatic carbocycles. The van der Waals surface area contributed by atoms with Gasteiger partial charge in [0, 0.05) is 23.9 Å². The van der Waals surface area contributed by atoms with Gasteiger partial charge in [0.2, 0.25) is 0 Å². The number of hydrogen-bond donors (Lipinski definition) is 1. The van der Waals surface area contributed by atoms with Crippen molar-refractivity contribution in [1.29, 1.82) is 0 Å². The molecule has 0 aliphatic carbocycles. The van der Waals surface area contributed by atoms with Crippen LogP contribution in [0.15, 0.2) is 48.7 Å². The Labute approximate surface area is 109 Å². The second kappa shape index (κ2) is 5.78. The number of aryl methyl sites for hydroxylation is 1. The summed E-state index contributed by atoms with van der Waals surface area (Å²) in [5, 5.41) is 3.40. The minimum Gasteiger partial charge on any atom is -0.312 e. The van der Waals surface area contributed by atoms with Gasteiger partial charge in [0.05, 0.1) is 0 Å². The summed E-state index contributed by atoms with van der Waals surface area (Å²) in [7, 11) is 2.01. The van der Waals surface area contributed by atoms with Crippen molar-refractivity contribution < 1.29 is 0 Å². The molecule has 2 nitrogen and oxygen atoms in total. The number of nitrogens with one attached hydrogen (secondary N) is 1. The fourth-order valence-corrected chi connectivity index (χ4v) is 2.38. The minimum atomic E-state index is 0.291. The zero-order valence-electron chi connectivity index (χ0n) is 11.2. The zero-order chi connectivity index (χ0) is 13.0. The summed E-state index contributed by atoms with van der Waals surface area (Å²) in [4.78, 5) is 4.46. The van der Waals surface area contributed by atoms with Crippen LogP contribution in [0.3, 0.4) is 0 Å². The number of aromatic nitrogens is 1. The van der Waals surface area contributed by atoms with Gasteiger partial charge in [0.1, 0.15) is 0 Å². The van der Waals surface area contributed by atoms with Gasteiger partial charge in [-0.1, -0.05) is 42.8 Å². The first kappa shape index (κ1) is 12.8. The van der Waals surface area contributed by atoms with Crippen LogP contribution in [-0.2, 0) is 0 Å². The SMILES string of the molecule is CNC(c1cccc(C)c1)C(C)c1ccccn1. The van der Waals surface area contributed by atoms with Crippen LogP contribution < -0.4 is 5.32 Å². The van der Waals surface area contributed by atoms with E-state index in [1.807, 2.05) is 25.4 Å². The molecule has 0 aliphatic heterocycles. The summed E-state index contributed by atoms with van der Waals surface area (Å²) in [6.07, 6.45) is 1.86. The molecule has 0 saturated carbocycles. The first-order valence-electron chi connectivity index (χ1n) is 6.37. The molecule has 0 bridgehead atoms. The lowest BCUT2D eigenvalue weighted by molar-refractivity contribution is 0.499. The third-order valence-corrected chi connectivity index (χ3v) is 3.37. The average molecular weight is 240 g/mol. The van der Waals surface area contributed by atoms with E-state index in [1.54, 1.807) is 0 Å². The molecule has 2 rings (SSSR count). The molecular weight excluding hydrogens is 220 g/mol. The van der Waals surface area contributed by atoms with Crippen LogP contribution in [-0.4, -0.2) is 12.0 Å². The summed E-state index contributed by atoms with van der Waals surface area (Å²) < 4.78 is 0. The van der Waals surface area contributed by atoms with Crippen molar-refractivity contribution in [3.05, 3.63) is 65.5 Å². The van der Waals surface area contributed by atoms with E-state index in [4.69, 9.17) is 0 Å². The maximum Gasteiger partial charge on any atom is 0.0450 e. The molecule has 0 radical (unpaired) electrons. The minimum absolute atomic E-state index is 0.291. The number of benzene rings is 1. The Morgan fingerprint density at radius 3 is 2.56 bits per heavy atom. The number of nitrogens with zero attached hydrogens (tertiary/aromatic N) is 1. The van der Waals surface area contributed by atoms with Gasteiger partial charge in [-0.25, -0.2) is 0 Å². The molecule has 1 N–H and O–H groups in total. The van der Waals surface area contributed by atoms with Gasteiger partial charge in [-0.3, -0.25) is 4.98 Å². The number of hydrogen-bond acceptors (Lipinski definition) is 2. The lowest BCUT2D eigenvalue weighted by Crippen LogP contribution is -2.22. The molecule has 18 heavy (non-hydrogen) atoms. The molecule has 2 aromatic rings. The molecular formula is C16H20N2. The molecule has 0 aliphatic rings. The van der Waals surface area contributed by atoms with Crippen LogP contribution in [0.4, 0.5) is 0 Å². The second-order valence-electron chi connectivity index (χ2n) is 4.72. The van der Waals surface area contributed by atoms with Crippen LogP contribution in [0.2, 0.25) is 0 Å². The predicted octanol–water partition coefficient (Wildman–Crippen LogP) is 3.45. The molecule has 1 heterocycles. The van der Waals surface area contributed by atoms with Gasteiger partial charge >= 0.3 is 0 Å². The van der Waals surface area contributed by atoms with E-state index in [0.29, 0.717) is 12.0 Å². The highest BCUT2D eigenvalue weighted by Crippen LogP contribution is 2.29. The van der Waals surface area contributed by atoms with Gasteiger partial charge in [0.25, 0.3) is 0 Å². The van der Waals surface area contributed by atoms with Gasteiger partial charge in [0.15, 0.2) is 0 Å².